The number of hydrogen-bond acceptors (Lipinski definition) is 5. The van der Waals surface area contributed by atoms with Gasteiger partial charge in [-0.2, -0.15) is 0 Å². The average molecular weight is 499 g/mol. The van der Waals surface area contributed by atoms with Crippen molar-refractivity contribution in [1.82, 2.24) is 5.16 Å². The van der Waals surface area contributed by atoms with E-state index in [0.717, 1.165) is 9.37 Å². The van der Waals surface area contributed by atoms with Crippen LogP contribution < -0.4 is 4.90 Å². The van der Waals surface area contributed by atoms with Crippen LogP contribution in [0.4, 0.5) is 10.2 Å². The van der Waals surface area contributed by atoms with Crippen LogP contribution in [0.25, 0.3) is 5.76 Å². The van der Waals surface area contributed by atoms with Crippen molar-refractivity contribution in [2.75, 3.05) is 4.90 Å². The first-order valence-electron chi connectivity index (χ1n) is 9.87. The Bertz CT molecular complexity index is 1240. The van der Waals surface area contributed by atoms with Gasteiger partial charge < -0.3 is 9.63 Å². The third-order valence-corrected chi connectivity index (χ3v) is 5.74. The minimum Gasteiger partial charge on any atom is -0.507 e. The van der Waals surface area contributed by atoms with Crippen molar-refractivity contribution < 1.29 is 23.6 Å². The molecule has 4 rings (SSSR count). The predicted molar refractivity (Wildman–Crippen MR) is 121 cm³/mol. The highest BCUT2D eigenvalue weighted by atomic mass is 79.9. The molecule has 1 aliphatic heterocycles. The van der Waals surface area contributed by atoms with E-state index in [0.29, 0.717) is 16.9 Å². The van der Waals surface area contributed by atoms with E-state index in [2.05, 4.69) is 21.1 Å². The van der Waals surface area contributed by atoms with E-state index in [1.807, 2.05) is 20.8 Å². The Balaban J connectivity index is 1.93. The molecule has 8 heteroatoms. The molecular weight excluding hydrogens is 479 g/mol. The molecule has 1 saturated heterocycles. The number of ketones is 1. The molecule has 0 unspecified atom stereocenters. The lowest BCUT2D eigenvalue weighted by atomic mass is 9.93. The van der Waals surface area contributed by atoms with Crippen LogP contribution >= 0.6 is 15.9 Å². The molecule has 0 spiro atoms. The summed E-state index contributed by atoms with van der Waals surface area (Å²) in [5.74, 6) is -2.03. The number of anilines is 1. The summed E-state index contributed by atoms with van der Waals surface area (Å²) in [6.45, 7) is 5.76. The molecule has 164 valence electrons. The average Bonchev–Trinajstić information content (AvgIpc) is 3.32. The van der Waals surface area contributed by atoms with Crippen LogP contribution in [0.2, 0.25) is 0 Å². The molecule has 1 atom stereocenters. The molecule has 1 N–H and O–H groups in total. The number of hydrogen-bond donors (Lipinski definition) is 1. The van der Waals surface area contributed by atoms with Crippen molar-refractivity contribution in [2.24, 2.45) is 0 Å². The molecule has 1 aromatic heterocycles. The second kappa shape index (κ2) is 8.02. The van der Waals surface area contributed by atoms with Crippen molar-refractivity contribution in [3.05, 3.63) is 87.3 Å². The molecule has 0 aliphatic carbocycles. The number of aliphatic hydroxyl groups is 1. The summed E-state index contributed by atoms with van der Waals surface area (Å²) in [5.41, 5.74) is 0.138. The maximum Gasteiger partial charge on any atom is 0.301 e. The number of amides is 1. The van der Waals surface area contributed by atoms with Crippen LogP contribution in [0.15, 0.2) is 69.2 Å². The van der Waals surface area contributed by atoms with E-state index in [4.69, 9.17) is 4.52 Å². The maximum atomic E-state index is 14.1. The zero-order chi connectivity index (χ0) is 23.2. The lowest BCUT2D eigenvalue weighted by molar-refractivity contribution is -0.132. The maximum absolute atomic E-state index is 14.1. The fourth-order valence-electron chi connectivity index (χ4n) is 3.56. The van der Waals surface area contributed by atoms with Gasteiger partial charge in [-0.3, -0.25) is 14.5 Å². The van der Waals surface area contributed by atoms with Crippen molar-refractivity contribution in [3.63, 3.8) is 0 Å². The zero-order valence-electron chi connectivity index (χ0n) is 17.6. The van der Waals surface area contributed by atoms with Gasteiger partial charge in [-0.1, -0.05) is 66.1 Å². The Morgan fingerprint density at radius 3 is 2.41 bits per heavy atom. The molecule has 6 nitrogen and oxygen atoms in total. The van der Waals surface area contributed by atoms with Gasteiger partial charge >= 0.3 is 5.91 Å². The molecule has 1 fully saturated rings. The van der Waals surface area contributed by atoms with E-state index >= 15 is 0 Å². The number of Topliss-reactive ketones (excluding diaryl/α,β-unsaturated/α-hetero) is 1. The molecular formula is C24H20BrFN2O4. The zero-order valence-corrected chi connectivity index (χ0v) is 19.2. The lowest BCUT2D eigenvalue weighted by Crippen LogP contribution is -2.29. The van der Waals surface area contributed by atoms with E-state index in [1.165, 1.54) is 18.2 Å². The Hall–Kier alpha value is -3.26. The largest absolute Gasteiger partial charge is 0.507 e. The normalized spacial score (nSPS) is 18.4. The summed E-state index contributed by atoms with van der Waals surface area (Å²) in [7, 11) is 0. The van der Waals surface area contributed by atoms with Gasteiger partial charge in [0.25, 0.3) is 5.78 Å². The predicted octanol–water partition coefficient (Wildman–Crippen LogP) is 5.50. The molecule has 2 heterocycles. The lowest BCUT2D eigenvalue weighted by Gasteiger charge is -2.23. The van der Waals surface area contributed by atoms with E-state index in [1.54, 1.807) is 36.4 Å². The van der Waals surface area contributed by atoms with Gasteiger partial charge in [0.2, 0.25) is 0 Å². The number of aromatic nitrogens is 1. The number of aliphatic hydroxyl groups excluding tert-OH is 1. The summed E-state index contributed by atoms with van der Waals surface area (Å²) >= 11 is 3.33. The van der Waals surface area contributed by atoms with Crippen LogP contribution in [0.1, 0.15) is 43.7 Å². The molecule has 32 heavy (non-hydrogen) atoms. The molecule has 0 saturated carbocycles. The Morgan fingerprint density at radius 1 is 1.12 bits per heavy atom. The second-order valence-corrected chi connectivity index (χ2v) is 9.45. The van der Waals surface area contributed by atoms with Gasteiger partial charge in [0.05, 0.1) is 11.6 Å². The highest BCUT2D eigenvalue weighted by Gasteiger charge is 2.48. The number of carbonyl (C=O) groups excluding carboxylic acids is 2. The highest BCUT2D eigenvalue weighted by Crippen LogP contribution is 2.42. The van der Waals surface area contributed by atoms with Crippen LogP contribution in [0, 0.1) is 5.82 Å². The molecule has 0 bridgehead atoms. The summed E-state index contributed by atoms with van der Waals surface area (Å²) in [6, 6.07) is 12.7. The minimum absolute atomic E-state index is 0.112. The Morgan fingerprint density at radius 2 is 1.81 bits per heavy atom. The van der Waals surface area contributed by atoms with Crippen molar-refractivity contribution in [2.45, 2.75) is 32.2 Å². The van der Waals surface area contributed by atoms with Gasteiger partial charge in [-0.25, -0.2) is 4.39 Å². The number of halogens is 2. The number of carbonyl (C=O) groups is 2. The second-order valence-electron chi connectivity index (χ2n) is 8.53. The van der Waals surface area contributed by atoms with Crippen LogP contribution in [-0.4, -0.2) is 22.0 Å². The quantitative estimate of drug-likeness (QED) is 0.292. The smallest absolute Gasteiger partial charge is 0.301 e. The monoisotopic (exact) mass is 498 g/mol. The summed E-state index contributed by atoms with van der Waals surface area (Å²) < 4.78 is 20.3. The first kappa shape index (κ1) is 22.0. The van der Waals surface area contributed by atoms with Crippen LogP contribution in [0.5, 0.6) is 0 Å². The standard InChI is InChI=1S/C24H20BrFN2O4/c1-24(2,3)17-12-18(27-32-17)28-20(14-5-4-6-16(26)11-14)19(22(30)23(28)31)21(29)13-7-9-15(25)10-8-13/h4-12,20,29H,1-3H3/b21-19+/t20-/m0/s1. The first-order valence-corrected chi connectivity index (χ1v) is 10.7. The number of nitrogens with zero attached hydrogens (tertiary/aromatic N) is 2. The van der Waals surface area contributed by atoms with Gasteiger partial charge in [-0.15, -0.1) is 0 Å². The summed E-state index contributed by atoms with van der Waals surface area (Å²) in [6.07, 6.45) is 0. The van der Waals surface area contributed by atoms with Crippen molar-refractivity contribution in [1.29, 1.82) is 0 Å². The molecule has 0 radical (unpaired) electrons. The topological polar surface area (TPSA) is 83.6 Å². The molecule has 1 amide bonds. The van der Waals surface area contributed by atoms with E-state index < -0.39 is 23.5 Å². The Labute approximate surface area is 192 Å². The van der Waals surface area contributed by atoms with Gasteiger partial charge in [0.15, 0.2) is 5.82 Å². The van der Waals surface area contributed by atoms with Crippen LogP contribution in [0.3, 0.4) is 0 Å². The molecule has 3 aromatic rings. The van der Waals surface area contributed by atoms with Crippen molar-refractivity contribution >= 4 is 39.2 Å². The molecule has 1 aliphatic rings. The minimum atomic E-state index is -1.08. The van der Waals surface area contributed by atoms with Gasteiger partial charge in [0.1, 0.15) is 17.3 Å². The number of rotatable bonds is 3. The fraction of sp³-hybridized carbons (Fsp3) is 0.208. The van der Waals surface area contributed by atoms with Gasteiger partial charge in [0, 0.05) is 21.5 Å². The highest BCUT2D eigenvalue weighted by molar-refractivity contribution is 9.10. The van der Waals surface area contributed by atoms with Gasteiger partial charge in [-0.05, 0) is 29.8 Å². The number of benzene rings is 2. The summed E-state index contributed by atoms with van der Waals surface area (Å²) in [5, 5.41) is 15.0. The van der Waals surface area contributed by atoms with E-state index in [9.17, 15) is 19.1 Å². The first-order chi connectivity index (χ1) is 15.1. The van der Waals surface area contributed by atoms with Crippen LogP contribution in [-0.2, 0) is 15.0 Å². The fourth-order valence-corrected chi connectivity index (χ4v) is 3.82. The van der Waals surface area contributed by atoms with E-state index in [-0.39, 0.29) is 22.6 Å². The SMILES string of the molecule is CC(C)(C)c1cc(N2C(=O)C(=O)/C(=C(/O)c3ccc(Br)cc3)[C@@H]2c2cccc(F)c2)no1. The molecule has 2 aromatic carbocycles. The third kappa shape index (κ3) is 3.86. The third-order valence-electron chi connectivity index (χ3n) is 5.21. The summed E-state index contributed by atoms with van der Waals surface area (Å²) in [4.78, 5) is 27.3. The Kier molecular flexibility index (Phi) is 5.50. The van der Waals surface area contributed by atoms with Crippen molar-refractivity contribution in [3.8, 4) is 0 Å².